The highest BCUT2D eigenvalue weighted by Crippen LogP contribution is 2.30. The summed E-state index contributed by atoms with van der Waals surface area (Å²) in [5.41, 5.74) is 0.315. The van der Waals surface area contributed by atoms with E-state index in [0.29, 0.717) is 16.9 Å². The molecule has 3 aromatic rings. The Morgan fingerprint density at radius 3 is 2.32 bits per heavy atom. The number of nitriles is 1. The summed E-state index contributed by atoms with van der Waals surface area (Å²) in [5.74, 6) is -0.287. The molecule has 0 aliphatic heterocycles. The maximum absolute atomic E-state index is 12.6. The number of alkyl halides is 3. The first-order valence-corrected chi connectivity index (χ1v) is 7.93. The van der Waals surface area contributed by atoms with Crippen LogP contribution in [0.2, 0.25) is 0 Å². The van der Waals surface area contributed by atoms with Crippen LogP contribution in [0.5, 0.6) is 0 Å². The number of anilines is 3. The number of hydrogen-bond acceptors (Lipinski definition) is 5. The van der Waals surface area contributed by atoms with Gasteiger partial charge in [-0.2, -0.15) is 18.4 Å². The number of carbonyl (C=O) groups is 1. The van der Waals surface area contributed by atoms with Gasteiger partial charge < -0.3 is 10.6 Å². The highest BCUT2D eigenvalue weighted by Gasteiger charge is 2.29. The fourth-order valence-electron chi connectivity index (χ4n) is 2.28. The summed E-state index contributed by atoms with van der Waals surface area (Å²) in [6, 6.07) is 12.9. The van der Waals surface area contributed by atoms with Crippen molar-refractivity contribution in [2.24, 2.45) is 0 Å². The van der Waals surface area contributed by atoms with Crippen LogP contribution in [0.3, 0.4) is 0 Å². The Balaban J connectivity index is 1.68. The second-order valence-electron chi connectivity index (χ2n) is 5.60. The van der Waals surface area contributed by atoms with Gasteiger partial charge >= 0.3 is 6.18 Å². The first kappa shape index (κ1) is 18.8. The summed E-state index contributed by atoms with van der Waals surface area (Å²) in [7, 11) is 0. The molecule has 0 bridgehead atoms. The van der Waals surface area contributed by atoms with Gasteiger partial charge in [-0.05, 0) is 36.4 Å². The zero-order chi connectivity index (χ0) is 20.1. The number of rotatable bonds is 4. The van der Waals surface area contributed by atoms with Gasteiger partial charge in [-0.1, -0.05) is 12.1 Å². The van der Waals surface area contributed by atoms with Gasteiger partial charge in [0.25, 0.3) is 5.91 Å². The zero-order valence-electron chi connectivity index (χ0n) is 14.2. The minimum atomic E-state index is -4.41. The highest BCUT2D eigenvalue weighted by atomic mass is 19.4. The van der Waals surface area contributed by atoms with Crippen LogP contribution in [0.4, 0.5) is 30.4 Å². The molecule has 0 aliphatic carbocycles. The smallest absolute Gasteiger partial charge is 0.339 e. The van der Waals surface area contributed by atoms with E-state index in [1.807, 2.05) is 6.07 Å². The number of halogens is 3. The van der Waals surface area contributed by atoms with Gasteiger partial charge in [0, 0.05) is 5.69 Å². The number of para-hydroxylation sites is 1. The summed E-state index contributed by atoms with van der Waals surface area (Å²) in [4.78, 5) is 20.2. The number of carbonyl (C=O) groups excluding carboxylic acids is 1. The van der Waals surface area contributed by atoms with Gasteiger partial charge in [-0.25, -0.2) is 9.97 Å². The van der Waals surface area contributed by atoms with Crippen LogP contribution in [-0.2, 0) is 6.18 Å². The predicted octanol–water partition coefficient (Wildman–Crippen LogP) is 4.36. The molecule has 1 aromatic heterocycles. The molecule has 28 heavy (non-hydrogen) atoms. The standard InChI is InChI=1S/C19H12F3N5O/c20-19(21,22)13-5-7-14(8-6-13)26-17-11-24-16(10-25-17)18(28)27-15-4-2-1-3-12(15)9-23/h1-8,10-11H,(H,25,26)(H,27,28). The summed E-state index contributed by atoms with van der Waals surface area (Å²) in [5, 5.41) is 14.4. The van der Waals surface area contributed by atoms with E-state index < -0.39 is 17.6 Å². The Labute approximate surface area is 157 Å². The van der Waals surface area contributed by atoms with Crippen molar-refractivity contribution in [3.05, 3.63) is 77.7 Å². The lowest BCUT2D eigenvalue weighted by atomic mass is 10.2. The summed E-state index contributed by atoms with van der Waals surface area (Å²) in [6.45, 7) is 0. The molecule has 3 rings (SSSR count). The number of amides is 1. The quantitative estimate of drug-likeness (QED) is 0.698. The lowest BCUT2D eigenvalue weighted by Crippen LogP contribution is -2.15. The van der Waals surface area contributed by atoms with Crippen LogP contribution in [-0.4, -0.2) is 15.9 Å². The van der Waals surface area contributed by atoms with Gasteiger partial charge in [0.1, 0.15) is 17.6 Å². The van der Waals surface area contributed by atoms with Crippen molar-refractivity contribution >= 4 is 23.1 Å². The molecule has 6 nitrogen and oxygen atoms in total. The third-order valence-corrected chi connectivity index (χ3v) is 3.66. The Bertz CT molecular complexity index is 1030. The minimum Gasteiger partial charge on any atom is -0.339 e. The normalized spacial score (nSPS) is 10.8. The topological polar surface area (TPSA) is 90.7 Å². The minimum absolute atomic E-state index is 0.0192. The van der Waals surface area contributed by atoms with E-state index in [4.69, 9.17) is 5.26 Å². The molecule has 2 N–H and O–H groups in total. The van der Waals surface area contributed by atoms with Crippen molar-refractivity contribution < 1.29 is 18.0 Å². The van der Waals surface area contributed by atoms with Crippen LogP contribution >= 0.6 is 0 Å². The second-order valence-corrected chi connectivity index (χ2v) is 5.60. The summed E-state index contributed by atoms with van der Waals surface area (Å²) < 4.78 is 37.7. The number of nitrogens with one attached hydrogen (secondary N) is 2. The lowest BCUT2D eigenvalue weighted by Gasteiger charge is -2.09. The van der Waals surface area contributed by atoms with Gasteiger partial charge in [0.05, 0.1) is 29.2 Å². The molecule has 0 fully saturated rings. The fraction of sp³-hybridized carbons (Fsp3) is 0.0526. The molecule has 0 spiro atoms. The third-order valence-electron chi connectivity index (χ3n) is 3.66. The molecular formula is C19H12F3N5O. The first-order chi connectivity index (χ1) is 13.4. The molecule has 1 amide bonds. The number of nitrogens with zero attached hydrogens (tertiary/aromatic N) is 3. The maximum Gasteiger partial charge on any atom is 0.416 e. The monoisotopic (exact) mass is 383 g/mol. The van der Waals surface area contributed by atoms with E-state index in [9.17, 15) is 18.0 Å². The van der Waals surface area contributed by atoms with E-state index in [0.717, 1.165) is 12.1 Å². The van der Waals surface area contributed by atoms with Crippen molar-refractivity contribution in [1.29, 1.82) is 5.26 Å². The molecule has 0 saturated heterocycles. The van der Waals surface area contributed by atoms with Crippen LogP contribution in [0.1, 0.15) is 21.6 Å². The molecule has 0 unspecified atom stereocenters. The SMILES string of the molecule is N#Cc1ccccc1NC(=O)c1cnc(Nc2ccc(C(F)(F)F)cc2)cn1. The number of benzene rings is 2. The Morgan fingerprint density at radius 2 is 1.71 bits per heavy atom. The number of aromatic nitrogens is 2. The van der Waals surface area contributed by atoms with Crippen LogP contribution in [0, 0.1) is 11.3 Å². The van der Waals surface area contributed by atoms with E-state index >= 15 is 0 Å². The van der Waals surface area contributed by atoms with Gasteiger partial charge in [0.15, 0.2) is 0 Å². The molecule has 0 saturated carbocycles. The maximum atomic E-state index is 12.6. The first-order valence-electron chi connectivity index (χ1n) is 7.93. The van der Waals surface area contributed by atoms with Crippen LogP contribution in [0.25, 0.3) is 0 Å². The Hall–Kier alpha value is -3.93. The highest BCUT2D eigenvalue weighted by molar-refractivity contribution is 6.03. The Morgan fingerprint density at radius 1 is 1.00 bits per heavy atom. The Kier molecular flexibility index (Phi) is 5.22. The molecule has 140 valence electrons. The van der Waals surface area contributed by atoms with E-state index in [1.54, 1.807) is 24.3 Å². The molecule has 0 aliphatic rings. The fourth-order valence-corrected chi connectivity index (χ4v) is 2.28. The predicted molar refractivity (Wildman–Crippen MR) is 95.9 cm³/mol. The van der Waals surface area contributed by atoms with E-state index in [2.05, 4.69) is 20.6 Å². The largest absolute Gasteiger partial charge is 0.416 e. The number of hydrogen-bond donors (Lipinski definition) is 2. The average molecular weight is 383 g/mol. The van der Waals surface area contributed by atoms with Gasteiger partial charge in [0.2, 0.25) is 0 Å². The van der Waals surface area contributed by atoms with E-state index in [1.165, 1.54) is 24.5 Å². The van der Waals surface area contributed by atoms with Crippen molar-refractivity contribution in [2.75, 3.05) is 10.6 Å². The van der Waals surface area contributed by atoms with Gasteiger partial charge in [-0.15, -0.1) is 0 Å². The third kappa shape index (κ3) is 4.42. The van der Waals surface area contributed by atoms with Crippen LogP contribution in [0.15, 0.2) is 60.9 Å². The molecule has 0 radical (unpaired) electrons. The molecule has 9 heteroatoms. The molecule has 0 atom stereocenters. The average Bonchev–Trinajstić information content (AvgIpc) is 2.68. The summed E-state index contributed by atoms with van der Waals surface area (Å²) in [6.07, 6.45) is -1.91. The van der Waals surface area contributed by atoms with Crippen molar-refractivity contribution in [3.8, 4) is 6.07 Å². The van der Waals surface area contributed by atoms with E-state index in [-0.39, 0.29) is 11.5 Å². The van der Waals surface area contributed by atoms with Crippen LogP contribution < -0.4 is 10.6 Å². The van der Waals surface area contributed by atoms with Crippen molar-refractivity contribution in [1.82, 2.24) is 9.97 Å². The van der Waals surface area contributed by atoms with Crippen molar-refractivity contribution in [2.45, 2.75) is 6.18 Å². The molecular weight excluding hydrogens is 371 g/mol. The molecule has 2 aromatic carbocycles. The lowest BCUT2D eigenvalue weighted by molar-refractivity contribution is -0.137. The van der Waals surface area contributed by atoms with Crippen molar-refractivity contribution in [3.63, 3.8) is 0 Å². The van der Waals surface area contributed by atoms with Gasteiger partial charge in [-0.3, -0.25) is 4.79 Å². The zero-order valence-corrected chi connectivity index (χ0v) is 14.2. The second kappa shape index (κ2) is 7.75. The molecule has 1 heterocycles. The summed E-state index contributed by atoms with van der Waals surface area (Å²) >= 11 is 0.